The van der Waals surface area contributed by atoms with Crippen molar-refractivity contribution >= 4 is 27.2 Å². The van der Waals surface area contributed by atoms with E-state index in [1.54, 1.807) is 30.2 Å². The lowest BCUT2D eigenvalue weighted by molar-refractivity contribution is 0.0768. The number of amides is 1. The van der Waals surface area contributed by atoms with Crippen molar-refractivity contribution < 1.29 is 17.6 Å². The summed E-state index contributed by atoms with van der Waals surface area (Å²) in [5.41, 5.74) is 3.62. The van der Waals surface area contributed by atoms with E-state index < -0.39 is 9.84 Å². The Labute approximate surface area is 182 Å². The summed E-state index contributed by atoms with van der Waals surface area (Å²) in [4.78, 5) is 19.5. The van der Waals surface area contributed by atoms with Gasteiger partial charge in [0, 0.05) is 42.4 Å². The van der Waals surface area contributed by atoms with Crippen molar-refractivity contribution in [3.63, 3.8) is 0 Å². The summed E-state index contributed by atoms with van der Waals surface area (Å²) >= 11 is 0. The molecule has 2 aromatic rings. The highest BCUT2D eigenvalue weighted by Gasteiger charge is 2.32. The predicted octanol–water partition coefficient (Wildman–Crippen LogP) is 3.92. The number of halogens is 1. The van der Waals surface area contributed by atoms with E-state index in [0.717, 1.165) is 16.8 Å². The zero-order valence-corrected chi connectivity index (χ0v) is 18.7. The number of carbonyl (C=O) groups excluding carboxylic acids is 1. The van der Waals surface area contributed by atoms with Crippen molar-refractivity contribution in [1.82, 2.24) is 9.88 Å². The number of aromatic nitrogens is 1. The van der Waals surface area contributed by atoms with Gasteiger partial charge in [-0.2, -0.15) is 0 Å². The van der Waals surface area contributed by atoms with Crippen molar-refractivity contribution in [2.24, 2.45) is 0 Å². The van der Waals surface area contributed by atoms with Gasteiger partial charge >= 0.3 is 0 Å². The number of aryl methyl sites for hydroxylation is 1. The number of nitrogens with zero attached hydrogens (tertiary/aromatic N) is 2. The first-order valence-electron chi connectivity index (χ1n) is 10.4. The van der Waals surface area contributed by atoms with Crippen LogP contribution in [0, 0.1) is 12.7 Å². The lowest BCUT2D eigenvalue weighted by Crippen LogP contribution is -2.44. The molecule has 1 aromatic heterocycles. The smallest absolute Gasteiger partial charge is 0.255 e. The van der Waals surface area contributed by atoms with Crippen molar-refractivity contribution in [1.29, 1.82) is 0 Å². The molecule has 1 N–H and O–H groups in total. The Bertz CT molecular complexity index is 1160. The number of pyridine rings is 1. The van der Waals surface area contributed by atoms with Gasteiger partial charge in [0.15, 0.2) is 9.84 Å². The van der Waals surface area contributed by atoms with Gasteiger partial charge in [-0.05, 0) is 36.2 Å². The lowest BCUT2D eigenvalue weighted by Gasteiger charge is -2.31. The number of rotatable bonds is 3. The number of hydrogen-bond acceptors (Lipinski definition) is 5. The third-order valence-corrected chi connectivity index (χ3v) is 7.65. The molecule has 2 atom stereocenters. The summed E-state index contributed by atoms with van der Waals surface area (Å²) < 4.78 is 37.2. The van der Waals surface area contributed by atoms with E-state index >= 15 is 0 Å². The number of anilines is 2. The van der Waals surface area contributed by atoms with E-state index in [-0.39, 0.29) is 48.2 Å². The maximum Gasteiger partial charge on any atom is 0.255 e. The highest BCUT2D eigenvalue weighted by molar-refractivity contribution is 7.91. The molecule has 2 heterocycles. The Morgan fingerprint density at radius 2 is 1.77 bits per heavy atom. The monoisotopic (exact) mass is 443 g/mol. The standard InChI is InChI=1S/C23H26FN3O3S/c1-14-4-5-15(2)21-20(14)18(23(28)27-8-10-31(29,30)11-9-27)13-25-22(21)26-17-6-7-19(24)16(3)12-17/h4-7,12-15H,8-11H2,1-3H3,(H,25,26). The maximum atomic E-state index is 13.7. The second kappa shape index (κ2) is 8.07. The average Bonchev–Trinajstić information content (AvgIpc) is 2.73. The van der Waals surface area contributed by atoms with Gasteiger partial charge in [-0.1, -0.05) is 26.0 Å². The minimum absolute atomic E-state index is 0.0101. The normalized spacial score (nSPS) is 22.1. The van der Waals surface area contributed by atoms with Crippen LogP contribution < -0.4 is 5.32 Å². The number of hydrogen-bond donors (Lipinski definition) is 1. The maximum absolute atomic E-state index is 13.7. The molecule has 0 radical (unpaired) electrons. The van der Waals surface area contributed by atoms with Gasteiger partial charge in [0.1, 0.15) is 11.6 Å². The molecule has 2 aliphatic rings. The molecule has 0 bridgehead atoms. The van der Waals surface area contributed by atoms with Gasteiger partial charge in [0.05, 0.1) is 17.1 Å². The summed E-state index contributed by atoms with van der Waals surface area (Å²) in [5.74, 6) is 0.220. The fourth-order valence-corrected chi connectivity index (χ4v) is 5.43. The predicted molar refractivity (Wildman–Crippen MR) is 119 cm³/mol. The Morgan fingerprint density at radius 3 is 2.42 bits per heavy atom. The molecule has 1 aromatic carbocycles. The Kier molecular flexibility index (Phi) is 5.60. The van der Waals surface area contributed by atoms with Crippen LogP contribution in [-0.4, -0.2) is 48.8 Å². The number of nitrogens with one attached hydrogen (secondary N) is 1. The van der Waals surface area contributed by atoms with Gasteiger partial charge < -0.3 is 10.2 Å². The fourth-order valence-electron chi connectivity index (χ4n) is 4.23. The summed E-state index contributed by atoms with van der Waals surface area (Å²) in [6.45, 7) is 6.18. The van der Waals surface area contributed by atoms with Gasteiger partial charge in [0.25, 0.3) is 5.91 Å². The van der Waals surface area contributed by atoms with Crippen molar-refractivity contribution in [3.05, 3.63) is 64.6 Å². The summed E-state index contributed by atoms with van der Waals surface area (Å²) in [5, 5.41) is 3.29. The van der Waals surface area contributed by atoms with Gasteiger partial charge in [0.2, 0.25) is 0 Å². The number of benzene rings is 1. The van der Waals surface area contributed by atoms with Crippen molar-refractivity contribution in [3.8, 4) is 0 Å². The summed E-state index contributed by atoms with van der Waals surface area (Å²) in [6, 6.07) is 4.80. The topological polar surface area (TPSA) is 79.4 Å². The molecule has 6 nitrogen and oxygen atoms in total. The molecule has 1 amide bonds. The van der Waals surface area contributed by atoms with Crippen LogP contribution in [-0.2, 0) is 9.84 Å². The number of sulfone groups is 1. The molecule has 1 aliphatic carbocycles. The lowest BCUT2D eigenvalue weighted by atomic mass is 9.81. The highest BCUT2D eigenvalue weighted by Crippen LogP contribution is 2.40. The van der Waals surface area contributed by atoms with E-state index in [9.17, 15) is 17.6 Å². The molecule has 1 fully saturated rings. The zero-order chi connectivity index (χ0) is 22.3. The van der Waals surface area contributed by atoms with Crippen molar-refractivity contribution in [2.75, 3.05) is 29.9 Å². The number of carbonyl (C=O) groups is 1. The van der Waals surface area contributed by atoms with Gasteiger partial charge in [-0.3, -0.25) is 4.79 Å². The molecule has 31 heavy (non-hydrogen) atoms. The third-order valence-electron chi connectivity index (χ3n) is 6.04. The first-order chi connectivity index (χ1) is 14.7. The molecule has 8 heteroatoms. The minimum atomic E-state index is -3.07. The Morgan fingerprint density at radius 1 is 1.13 bits per heavy atom. The fraction of sp³-hybridized carbons (Fsp3) is 0.391. The molecule has 2 unspecified atom stereocenters. The van der Waals surface area contributed by atoms with Crippen LogP contribution >= 0.6 is 0 Å². The van der Waals surface area contributed by atoms with E-state index in [4.69, 9.17) is 0 Å². The molecule has 4 rings (SSSR count). The molecule has 0 spiro atoms. The van der Waals surface area contributed by atoms with Crippen LogP contribution in [0.5, 0.6) is 0 Å². The molecule has 1 aliphatic heterocycles. The van der Waals surface area contributed by atoms with Crippen LogP contribution in [0.3, 0.4) is 0 Å². The van der Waals surface area contributed by atoms with Crippen LogP contribution in [0.4, 0.5) is 15.9 Å². The van der Waals surface area contributed by atoms with Crippen LogP contribution in [0.15, 0.2) is 36.5 Å². The molecule has 164 valence electrons. The number of fused-ring (bicyclic) bond motifs is 1. The molecular formula is C23H26FN3O3S. The van der Waals surface area contributed by atoms with E-state index in [2.05, 4.69) is 22.5 Å². The van der Waals surface area contributed by atoms with E-state index in [0.29, 0.717) is 16.9 Å². The zero-order valence-electron chi connectivity index (χ0n) is 17.9. The summed E-state index contributed by atoms with van der Waals surface area (Å²) in [7, 11) is -3.07. The second-order valence-corrected chi connectivity index (χ2v) is 10.6. The van der Waals surface area contributed by atoms with Crippen molar-refractivity contribution in [2.45, 2.75) is 32.6 Å². The first-order valence-corrected chi connectivity index (χ1v) is 12.2. The first kappa shape index (κ1) is 21.5. The quantitative estimate of drug-likeness (QED) is 0.728. The molecular weight excluding hydrogens is 417 g/mol. The minimum Gasteiger partial charge on any atom is -0.340 e. The molecule has 1 saturated heterocycles. The van der Waals surface area contributed by atoms with Gasteiger partial charge in [-0.15, -0.1) is 0 Å². The Hall–Kier alpha value is -2.74. The average molecular weight is 444 g/mol. The SMILES string of the molecule is Cc1cc(Nc2ncc(C(=O)N3CCS(=O)(=O)CC3)c3c2C(C)C=CC3C)ccc1F. The second-order valence-electron chi connectivity index (χ2n) is 8.34. The van der Waals surface area contributed by atoms with Crippen LogP contribution in [0.2, 0.25) is 0 Å². The largest absolute Gasteiger partial charge is 0.340 e. The highest BCUT2D eigenvalue weighted by atomic mass is 32.2. The number of allylic oxidation sites excluding steroid dienone is 2. The molecule has 0 saturated carbocycles. The van der Waals surface area contributed by atoms with Crippen LogP contribution in [0.25, 0.3) is 0 Å². The van der Waals surface area contributed by atoms with Gasteiger partial charge in [-0.25, -0.2) is 17.8 Å². The third kappa shape index (κ3) is 4.21. The van der Waals surface area contributed by atoms with E-state index in [1.807, 2.05) is 13.8 Å². The summed E-state index contributed by atoms with van der Waals surface area (Å²) in [6.07, 6.45) is 5.75. The Balaban J connectivity index is 1.73. The van der Waals surface area contributed by atoms with E-state index in [1.165, 1.54) is 6.07 Å². The van der Waals surface area contributed by atoms with Crippen LogP contribution in [0.1, 0.15) is 52.7 Å².